The van der Waals surface area contributed by atoms with Crippen molar-refractivity contribution in [1.29, 1.82) is 0 Å². The van der Waals surface area contributed by atoms with Crippen LogP contribution in [0.3, 0.4) is 0 Å². The molecule has 172 valence electrons. The fourth-order valence-electron chi connectivity index (χ4n) is 4.76. The second kappa shape index (κ2) is 9.03. The van der Waals surface area contributed by atoms with Crippen LogP contribution in [0.5, 0.6) is 11.5 Å². The van der Waals surface area contributed by atoms with Crippen LogP contribution in [0.15, 0.2) is 58.3 Å². The number of rotatable bonds is 6. The molecule has 1 aromatic heterocycles. The zero-order valence-electron chi connectivity index (χ0n) is 18.5. The van der Waals surface area contributed by atoms with Gasteiger partial charge in [-0.05, 0) is 42.5 Å². The molecule has 7 nitrogen and oxygen atoms in total. The highest BCUT2D eigenvalue weighted by Gasteiger charge is 2.42. The van der Waals surface area contributed by atoms with Crippen LogP contribution in [0.4, 0.5) is 0 Å². The molecular formula is C25H25NO6S. The van der Waals surface area contributed by atoms with Gasteiger partial charge in [0, 0.05) is 47.2 Å². The highest BCUT2D eigenvalue weighted by Crippen LogP contribution is 2.47. The highest BCUT2D eigenvalue weighted by molar-refractivity contribution is 7.10. The standard InChI is InChI=1S/C25H25NO6S/c1-14-22(25(28)30-8-7-29-2)23(15-5-6-19-20(12-15)32-13-31-19)24-17(26-14)10-16(11-18(24)27)21-4-3-9-33-21/h3-6,9,12,16,23,26H,7-8,10-11,13H2,1-2H3/t16-,23+/m1/s1. The number of benzene rings is 1. The van der Waals surface area contributed by atoms with Gasteiger partial charge >= 0.3 is 5.97 Å². The third kappa shape index (κ3) is 4.05. The molecule has 5 rings (SSSR count). The number of esters is 1. The average molecular weight is 468 g/mol. The normalized spacial score (nSPS) is 21.7. The quantitative estimate of drug-likeness (QED) is 0.507. The number of hydrogen-bond donors (Lipinski definition) is 1. The molecule has 0 spiro atoms. The third-order valence-corrected chi connectivity index (χ3v) is 7.28. The van der Waals surface area contributed by atoms with Crippen molar-refractivity contribution in [2.24, 2.45) is 0 Å². The van der Waals surface area contributed by atoms with Gasteiger partial charge in [-0.15, -0.1) is 11.3 Å². The van der Waals surface area contributed by atoms with Crippen LogP contribution < -0.4 is 14.8 Å². The van der Waals surface area contributed by atoms with Gasteiger partial charge in [0.1, 0.15) is 6.61 Å². The number of thiophene rings is 1. The predicted octanol–water partition coefficient (Wildman–Crippen LogP) is 4.03. The number of allylic oxidation sites excluding steroid dienone is 3. The van der Waals surface area contributed by atoms with Crippen molar-refractivity contribution in [1.82, 2.24) is 5.32 Å². The zero-order valence-corrected chi connectivity index (χ0v) is 19.3. The van der Waals surface area contributed by atoms with Crippen molar-refractivity contribution >= 4 is 23.1 Å². The summed E-state index contributed by atoms with van der Waals surface area (Å²) in [5.74, 6) is 0.433. The summed E-state index contributed by atoms with van der Waals surface area (Å²) in [6.07, 6.45) is 1.12. The van der Waals surface area contributed by atoms with Crippen LogP contribution in [-0.4, -0.2) is 38.9 Å². The average Bonchev–Trinajstić information content (AvgIpc) is 3.49. The summed E-state index contributed by atoms with van der Waals surface area (Å²) < 4.78 is 21.5. The first kappa shape index (κ1) is 21.7. The number of Topliss-reactive ketones (excluding diaryl/α,β-unsaturated/α-hetero) is 1. The maximum atomic E-state index is 13.5. The molecule has 1 aromatic carbocycles. The van der Waals surface area contributed by atoms with E-state index < -0.39 is 11.9 Å². The lowest BCUT2D eigenvalue weighted by Gasteiger charge is -2.36. The molecule has 33 heavy (non-hydrogen) atoms. The van der Waals surface area contributed by atoms with Crippen molar-refractivity contribution < 1.29 is 28.5 Å². The number of methoxy groups -OCH3 is 1. The van der Waals surface area contributed by atoms with E-state index in [1.807, 2.05) is 36.6 Å². The topological polar surface area (TPSA) is 83.1 Å². The van der Waals surface area contributed by atoms with Gasteiger partial charge in [-0.2, -0.15) is 0 Å². The van der Waals surface area contributed by atoms with E-state index in [-0.39, 0.29) is 25.1 Å². The smallest absolute Gasteiger partial charge is 0.336 e. The van der Waals surface area contributed by atoms with Crippen molar-refractivity contribution in [2.45, 2.75) is 31.6 Å². The van der Waals surface area contributed by atoms with E-state index >= 15 is 0 Å². The Balaban J connectivity index is 1.56. The summed E-state index contributed by atoms with van der Waals surface area (Å²) in [5.41, 5.74) is 3.43. The number of carbonyl (C=O) groups is 2. The fraction of sp³-hybridized carbons (Fsp3) is 0.360. The van der Waals surface area contributed by atoms with E-state index in [1.54, 1.807) is 18.4 Å². The number of fused-ring (bicyclic) bond motifs is 1. The minimum Gasteiger partial charge on any atom is -0.460 e. The summed E-state index contributed by atoms with van der Waals surface area (Å²) in [5, 5.41) is 5.40. The van der Waals surface area contributed by atoms with E-state index in [2.05, 4.69) is 11.4 Å². The molecule has 2 aliphatic heterocycles. The second-order valence-corrected chi connectivity index (χ2v) is 9.25. The minimum atomic E-state index is -0.539. The van der Waals surface area contributed by atoms with Crippen molar-refractivity contribution in [2.75, 3.05) is 27.1 Å². The van der Waals surface area contributed by atoms with Gasteiger partial charge in [0.2, 0.25) is 6.79 Å². The number of ketones is 1. The molecule has 3 aliphatic rings. The molecule has 1 N–H and O–H groups in total. The number of ether oxygens (including phenoxy) is 4. The number of dihydropyridines is 1. The van der Waals surface area contributed by atoms with Crippen molar-refractivity contribution in [3.05, 3.63) is 68.7 Å². The molecule has 0 amide bonds. The zero-order chi connectivity index (χ0) is 22.9. The lowest BCUT2D eigenvalue weighted by Crippen LogP contribution is -2.36. The van der Waals surface area contributed by atoms with Gasteiger partial charge in [-0.3, -0.25) is 4.79 Å². The molecule has 0 bridgehead atoms. The first-order valence-electron chi connectivity index (χ1n) is 10.9. The fourth-order valence-corrected chi connectivity index (χ4v) is 5.59. The molecule has 3 heterocycles. The summed E-state index contributed by atoms with van der Waals surface area (Å²) in [7, 11) is 1.55. The van der Waals surface area contributed by atoms with Gasteiger partial charge < -0.3 is 24.3 Å². The maximum absolute atomic E-state index is 13.5. The van der Waals surface area contributed by atoms with Crippen molar-refractivity contribution in [3.8, 4) is 11.5 Å². The summed E-state index contributed by atoms with van der Waals surface area (Å²) in [6, 6.07) is 9.66. The molecule has 2 atom stereocenters. The van der Waals surface area contributed by atoms with Crippen LogP contribution in [-0.2, 0) is 19.1 Å². The Kier molecular flexibility index (Phi) is 5.95. The predicted molar refractivity (Wildman–Crippen MR) is 122 cm³/mol. The van der Waals surface area contributed by atoms with E-state index in [9.17, 15) is 9.59 Å². The number of carbonyl (C=O) groups excluding carboxylic acids is 2. The van der Waals surface area contributed by atoms with E-state index in [4.69, 9.17) is 18.9 Å². The summed E-state index contributed by atoms with van der Waals surface area (Å²) in [4.78, 5) is 27.9. The Labute approximate surface area is 196 Å². The monoisotopic (exact) mass is 467 g/mol. The Morgan fingerprint density at radius 3 is 2.82 bits per heavy atom. The van der Waals surface area contributed by atoms with Crippen LogP contribution in [0.25, 0.3) is 0 Å². The molecule has 0 saturated carbocycles. The summed E-state index contributed by atoms with van der Waals surface area (Å²) in [6.45, 7) is 2.45. The Hall–Kier alpha value is -3.10. The van der Waals surface area contributed by atoms with Crippen LogP contribution in [0, 0.1) is 0 Å². The molecule has 0 radical (unpaired) electrons. The SMILES string of the molecule is COCCOC(=O)C1=C(C)NC2=C(C(=O)C[C@H](c3cccs3)C2)[C@H]1c1ccc2c(c1)OCO2. The van der Waals surface area contributed by atoms with Gasteiger partial charge in [-0.1, -0.05) is 12.1 Å². The van der Waals surface area contributed by atoms with Crippen LogP contribution in [0.1, 0.15) is 42.0 Å². The molecule has 8 heteroatoms. The summed E-state index contributed by atoms with van der Waals surface area (Å²) >= 11 is 1.67. The first-order chi connectivity index (χ1) is 16.1. The number of nitrogens with one attached hydrogen (secondary N) is 1. The van der Waals surface area contributed by atoms with Gasteiger partial charge in [0.15, 0.2) is 17.3 Å². The molecule has 0 fully saturated rings. The van der Waals surface area contributed by atoms with Crippen LogP contribution >= 0.6 is 11.3 Å². The van der Waals surface area contributed by atoms with Crippen molar-refractivity contribution in [3.63, 3.8) is 0 Å². The van der Waals surface area contributed by atoms with E-state index in [1.165, 1.54) is 4.88 Å². The molecule has 2 aromatic rings. The third-order valence-electron chi connectivity index (χ3n) is 6.24. The van der Waals surface area contributed by atoms with Gasteiger partial charge in [-0.25, -0.2) is 4.79 Å². The van der Waals surface area contributed by atoms with Gasteiger partial charge in [0.25, 0.3) is 0 Å². The second-order valence-electron chi connectivity index (χ2n) is 8.27. The maximum Gasteiger partial charge on any atom is 0.336 e. The molecular weight excluding hydrogens is 442 g/mol. The van der Waals surface area contributed by atoms with Gasteiger partial charge in [0.05, 0.1) is 12.2 Å². The lowest BCUT2D eigenvalue weighted by molar-refractivity contribution is -0.140. The molecule has 1 aliphatic carbocycles. The largest absolute Gasteiger partial charge is 0.460 e. The molecule has 0 saturated heterocycles. The Morgan fingerprint density at radius 1 is 1.18 bits per heavy atom. The Morgan fingerprint density at radius 2 is 2.03 bits per heavy atom. The first-order valence-corrected chi connectivity index (χ1v) is 11.8. The van der Waals surface area contributed by atoms with Crippen LogP contribution in [0.2, 0.25) is 0 Å². The minimum absolute atomic E-state index is 0.0412. The highest BCUT2D eigenvalue weighted by atomic mass is 32.1. The van der Waals surface area contributed by atoms with E-state index in [0.29, 0.717) is 47.8 Å². The Bertz CT molecular complexity index is 1150. The van der Waals surface area contributed by atoms with E-state index in [0.717, 1.165) is 11.3 Å². The number of hydrogen-bond acceptors (Lipinski definition) is 8. The lowest BCUT2D eigenvalue weighted by atomic mass is 9.72. The molecule has 0 unspecified atom stereocenters.